The highest BCUT2D eigenvalue weighted by Gasteiger charge is 2.10. The molecule has 0 aliphatic heterocycles. The molecule has 0 saturated heterocycles. The molecule has 0 aliphatic rings. The Morgan fingerprint density at radius 1 is 0.667 bits per heavy atom. The smallest absolute Gasteiger partial charge is 0.0647 e. The first-order valence-electron chi connectivity index (χ1n) is 4.54. The molecule has 0 unspecified atom stereocenters. The van der Waals surface area contributed by atoms with Crippen molar-refractivity contribution in [3.8, 4) is 0 Å². The lowest BCUT2D eigenvalue weighted by atomic mass is 9.97. The van der Waals surface area contributed by atoms with Gasteiger partial charge in [0.2, 0.25) is 0 Å². The van der Waals surface area contributed by atoms with E-state index in [1.807, 2.05) is 0 Å². The standard InChI is InChI=1S/C10H22N2/c1-9(2,3)7-11-12-8-10(4,5)6/h7-8H2,1-6H3. The zero-order valence-corrected chi connectivity index (χ0v) is 9.31. The predicted molar refractivity (Wildman–Crippen MR) is 53.5 cm³/mol. The van der Waals surface area contributed by atoms with Crippen molar-refractivity contribution in [2.75, 3.05) is 13.1 Å². The maximum absolute atomic E-state index is 4.15. The van der Waals surface area contributed by atoms with E-state index in [0.29, 0.717) is 0 Å². The summed E-state index contributed by atoms with van der Waals surface area (Å²) in [6, 6.07) is 0. The fourth-order valence-corrected chi connectivity index (χ4v) is 0.524. The highest BCUT2D eigenvalue weighted by molar-refractivity contribution is 4.65. The van der Waals surface area contributed by atoms with Crippen molar-refractivity contribution in [3.63, 3.8) is 0 Å². The van der Waals surface area contributed by atoms with Crippen LogP contribution in [0, 0.1) is 10.8 Å². The van der Waals surface area contributed by atoms with E-state index in [1.165, 1.54) is 0 Å². The SMILES string of the molecule is CC(C)(C)CN=NCC(C)(C)C. The largest absolute Gasteiger partial charge is 0.194 e. The molecule has 0 N–H and O–H groups in total. The van der Waals surface area contributed by atoms with Crippen LogP contribution < -0.4 is 0 Å². The molecule has 0 spiro atoms. The molecule has 12 heavy (non-hydrogen) atoms. The lowest BCUT2D eigenvalue weighted by Gasteiger charge is -2.15. The van der Waals surface area contributed by atoms with E-state index in [9.17, 15) is 0 Å². The Morgan fingerprint density at radius 3 is 1.08 bits per heavy atom. The van der Waals surface area contributed by atoms with Gasteiger partial charge < -0.3 is 0 Å². The van der Waals surface area contributed by atoms with Gasteiger partial charge in [0.25, 0.3) is 0 Å². The molecule has 72 valence electrons. The average molecular weight is 170 g/mol. The minimum atomic E-state index is 0.265. The zero-order chi connectivity index (χ0) is 9.83. The molecule has 0 amide bonds. The summed E-state index contributed by atoms with van der Waals surface area (Å²) in [6.45, 7) is 14.7. The molecule has 0 atom stereocenters. The van der Waals surface area contributed by atoms with Gasteiger partial charge in [-0.05, 0) is 10.8 Å². The van der Waals surface area contributed by atoms with Crippen LogP contribution in [-0.4, -0.2) is 13.1 Å². The number of hydrogen-bond donors (Lipinski definition) is 0. The second kappa shape index (κ2) is 4.01. The monoisotopic (exact) mass is 170 g/mol. The fraction of sp³-hybridized carbons (Fsp3) is 1.00. The Kier molecular flexibility index (Phi) is 3.88. The van der Waals surface area contributed by atoms with Gasteiger partial charge in [-0.3, -0.25) is 0 Å². The van der Waals surface area contributed by atoms with E-state index in [1.54, 1.807) is 0 Å². The summed E-state index contributed by atoms with van der Waals surface area (Å²) in [4.78, 5) is 0. The summed E-state index contributed by atoms with van der Waals surface area (Å²) in [7, 11) is 0. The Bertz CT molecular complexity index is 128. The predicted octanol–water partition coefficient (Wildman–Crippen LogP) is 3.53. The molecule has 0 radical (unpaired) electrons. The van der Waals surface area contributed by atoms with Gasteiger partial charge in [0.05, 0.1) is 13.1 Å². The van der Waals surface area contributed by atoms with Gasteiger partial charge in [-0.15, -0.1) is 0 Å². The molecule has 0 rings (SSSR count). The van der Waals surface area contributed by atoms with Crippen LogP contribution >= 0.6 is 0 Å². The molecule has 2 nitrogen and oxygen atoms in total. The summed E-state index contributed by atoms with van der Waals surface area (Å²) >= 11 is 0. The minimum Gasteiger partial charge on any atom is -0.194 e. The van der Waals surface area contributed by atoms with E-state index < -0.39 is 0 Å². The molecule has 0 saturated carbocycles. The second-order valence-electron chi connectivity index (χ2n) is 5.72. The van der Waals surface area contributed by atoms with Gasteiger partial charge in [0, 0.05) is 0 Å². The Balaban J connectivity index is 3.66. The summed E-state index contributed by atoms with van der Waals surface area (Å²) in [5, 5.41) is 8.31. The topological polar surface area (TPSA) is 24.7 Å². The van der Waals surface area contributed by atoms with E-state index in [0.717, 1.165) is 13.1 Å². The van der Waals surface area contributed by atoms with Gasteiger partial charge >= 0.3 is 0 Å². The highest BCUT2D eigenvalue weighted by atomic mass is 15.1. The first-order chi connectivity index (χ1) is 5.21. The summed E-state index contributed by atoms with van der Waals surface area (Å²) < 4.78 is 0. The van der Waals surface area contributed by atoms with Crippen LogP contribution in [0.3, 0.4) is 0 Å². The third kappa shape index (κ3) is 9.60. The minimum absolute atomic E-state index is 0.265. The van der Waals surface area contributed by atoms with Gasteiger partial charge in [-0.2, -0.15) is 10.2 Å². The first-order valence-corrected chi connectivity index (χ1v) is 4.54. The molecule has 2 heteroatoms. The van der Waals surface area contributed by atoms with Crippen molar-refractivity contribution in [3.05, 3.63) is 0 Å². The molecule has 0 heterocycles. The van der Waals surface area contributed by atoms with E-state index >= 15 is 0 Å². The molecule has 0 fully saturated rings. The van der Waals surface area contributed by atoms with Crippen molar-refractivity contribution >= 4 is 0 Å². The fourth-order valence-electron chi connectivity index (χ4n) is 0.524. The van der Waals surface area contributed by atoms with Crippen molar-refractivity contribution in [1.82, 2.24) is 0 Å². The number of hydrogen-bond acceptors (Lipinski definition) is 2. The first kappa shape index (κ1) is 11.6. The second-order valence-corrected chi connectivity index (χ2v) is 5.72. The molecule has 0 aromatic heterocycles. The van der Waals surface area contributed by atoms with E-state index in [2.05, 4.69) is 51.8 Å². The average Bonchev–Trinajstić information content (AvgIpc) is 1.76. The van der Waals surface area contributed by atoms with Gasteiger partial charge in [-0.1, -0.05) is 41.5 Å². The Morgan fingerprint density at radius 2 is 0.917 bits per heavy atom. The van der Waals surface area contributed by atoms with Crippen LogP contribution in [0.5, 0.6) is 0 Å². The van der Waals surface area contributed by atoms with Crippen LogP contribution in [-0.2, 0) is 0 Å². The number of nitrogens with zero attached hydrogens (tertiary/aromatic N) is 2. The summed E-state index contributed by atoms with van der Waals surface area (Å²) in [5.74, 6) is 0. The van der Waals surface area contributed by atoms with Crippen LogP contribution in [0.2, 0.25) is 0 Å². The Labute approximate surface area is 76.5 Å². The molecular formula is C10H22N2. The van der Waals surface area contributed by atoms with Gasteiger partial charge in [-0.25, -0.2) is 0 Å². The van der Waals surface area contributed by atoms with E-state index in [4.69, 9.17) is 0 Å². The maximum atomic E-state index is 4.15. The lowest BCUT2D eigenvalue weighted by molar-refractivity contribution is 0.392. The normalized spacial score (nSPS) is 14.2. The summed E-state index contributed by atoms with van der Waals surface area (Å²) in [6.07, 6.45) is 0. The zero-order valence-electron chi connectivity index (χ0n) is 9.31. The summed E-state index contributed by atoms with van der Waals surface area (Å²) in [5.41, 5.74) is 0.531. The third-order valence-electron chi connectivity index (χ3n) is 1.19. The van der Waals surface area contributed by atoms with E-state index in [-0.39, 0.29) is 10.8 Å². The Hall–Kier alpha value is -0.400. The van der Waals surface area contributed by atoms with Gasteiger partial charge in [0.15, 0.2) is 0 Å². The third-order valence-corrected chi connectivity index (χ3v) is 1.19. The molecule has 0 aliphatic carbocycles. The van der Waals surface area contributed by atoms with Crippen LogP contribution in [0.1, 0.15) is 41.5 Å². The van der Waals surface area contributed by atoms with Crippen LogP contribution in [0.4, 0.5) is 0 Å². The van der Waals surface area contributed by atoms with Crippen LogP contribution in [0.15, 0.2) is 10.2 Å². The number of rotatable bonds is 2. The molecule has 0 aromatic rings. The van der Waals surface area contributed by atoms with Crippen molar-refractivity contribution in [2.24, 2.45) is 21.1 Å². The highest BCUT2D eigenvalue weighted by Crippen LogP contribution is 2.15. The van der Waals surface area contributed by atoms with Crippen LogP contribution in [0.25, 0.3) is 0 Å². The van der Waals surface area contributed by atoms with Crippen molar-refractivity contribution < 1.29 is 0 Å². The number of azo groups is 1. The quantitative estimate of drug-likeness (QED) is 0.566. The molecule has 0 bridgehead atoms. The van der Waals surface area contributed by atoms with Gasteiger partial charge in [0.1, 0.15) is 0 Å². The molecule has 0 aromatic carbocycles. The van der Waals surface area contributed by atoms with Crippen molar-refractivity contribution in [1.29, 1.82) is 0 Å². The maximum Gasteiger partial charge on any atom is 0.0647 e. The van der Waals surface area contributed by atoms with Crippen molar-refractivity contribution in [2.45, 2.75) is 41.5 Å². The molecular weight excluding hydrogens is 148 g/mol. The lowest BCUT2D eigenvalue weighted by Crippen LogP contribution is -2.11.